The molecule has 7 nitrogen and oxygen atoms in total. The van der Waals surface area contributed by atoms with Crippen LogP contribution in [0.3, 0.4) is 0 Å². The van der Waals surface area contributed by atoms with Gasteiger partial charge in [0, 0.05) is 41.6 Å². The van der Waals surface area contributed by atoms with Crippen molar-refractivity contribution in [1.29, 1.82) is 0 Å². The summed E-state index contributed by atoms with van der Waals surface area (Å²) >= 11 is 0. The van der Waals surface area contributed by atoms with Gasteiger partial charge in [0.25, 0.3) is 0 Å². The fourth-order valence-electron chi connectivity index (χ4n) is 4.29. The van der Waals surface area contributed by atoms with E-state index in [0.717, 1.165) is 30.0 Å². The lowest BCUT2D eigenvalue weighted by molar-refractivity contribution is -0.147. The second-order valence-corrected chi connectivity index (χ2v) is 8.25. The first-order chi connectivity index (χ1) is 14.9. The Morgan fingerprint density at radius 3 is 2.48 bits per heavy atom. The average Bonchev–Trinajstić information content (AvgIpc) is 3.44. The molecule has 4 rings (SSSR count). The number of hydrogen-bond acceptors (Lipinski definition) is 5. The summed E-state index contributed by atoms with van der Waals surface area (Å²) in [6.45, 7) is 6.35. The van der Waals surface area contributed by atoms with E-state index in [2.05, 4.69) is 4.57 Å². The van der Waals surface area contributed by atoms with Crippen molar-refractivity contribution in [2.24, 2.45) is 5.92 Å². The number of ether oxygens (including phenoxy) is 2. The Labute approximate surface area is 181 Å². The van der Waals surface area contributed by atoms with Crippen LogP contribution in [-0.2, 0) is 14.3 Å². The van der Waals surface area contributed by atoms with Crippen molar-refractivity contribution in [2.75, 3.05) is 24.7 Å². The molecule has 1 amide bonds. The van der Waals surface area contributed by atoms with Gasteiger partial charge < -0.3 is 18.9 Å². The molecule has 1 unspecified atom stereocenters. The van der Waals surface area contributed by atoms with E-state index in [1.165, 1.54) is 0 Å². The quantitative estimate of drug-likeness (QED) is 0.478. The molecule has 0 N–H and O–H groups in total. The van der Waals surface area contributed by atoms with Crippen LogP contribution in [0.15, 0.2) is 30.3 Å². The van der Waals surface area contributed by atoms with Gasteiger partial charge in [0.1, 0.15) is 5.75 Å². The number of ketones is 1. The van der Waals surface area contributed by atoms with Crippen molar-refractivity contribution in [2.45, 2.75) is 46.1 Å². The lowest BCUT2D eigenvalue weighted by Crippen LogP contribution is -2.27. The summed E-state index contributed by atoms with van der Waals surface area (Å²) in [4.78, 5) is 39.2. The summed E-state index contributed by atoms with van der Waals surface area (Å²) in [6, 6.07) is 9.56. The third-order valence-corrected chi connectivity index (χ3v) is 5.96. The Kier molecular flexibility index (Phi) is 5.85. The summed E-state index contributed by atoms with van der Waals surface area (Å²) in [6.07, 6.45) is 2.36. The van der Waals surface area contributed by atoms with Crippen molar-refractivity contribution in [1.82, 2.24) is 4.57 Å². The Bertz CT molecular complexity index is 1000. The van der Waals surface area contributed by atoms with E-state index >= 15 is 0 Å². The number of aryl methyl sites for hydroxylation is 1. The number of anilines is 1. The highest BCUT2D eigenvalue weighted by atomic mass is 16.5. The molecule has 2 aromatic rings. The van der Waals surface area contributed by atoms with E-state index in [-0.39, 0.29) is 31.3 Å². The van der Waals surface area contributed by atoms with Gasteiger partial charge in [0.2, 0.25) is 11.7 Å². The van der Waals surface area contributed by atoms with Crippen LogP contribution in [0.5, 0.6) is 5.75 Å². The van der Waals surface area contributed by atoms with E-state index in [0.29, 0.717) is 23.9 Å². The molecule has 1 aromatic carbocycles. The van der Waals surface area contributed by atoms with Crippen molar-refractivity contribution in [3.05, 3.63) is 47.3 Å². The molecule has 7 heteroatoms. The number of amides is 1. The minimum absolute atomic E-state index is 0.0798. The highest BCUT2D eigenvalue weighted by Gasteiger charge is 2.36. The molecule has 1 aromatic heterocycles. The first-order valence-corrected chi connectivity index (χ1v) is 10.8. The summed E-state index contributed by atoms with van der Waals surface area (Å²) < 4.78 is 12.9. The second-order valence-electron chi connectivity index (χ2n) is 8.25. The number of carbonyl (C=O) groups excluding carboxylic acids is 3. The molecule has 2 aliphatic rings. The van der Waals surface area contributed by atoms with Crippen molar-refractivity contribution in [3.8, 4) is 5.75 Å². The van der Waals surface area contributed by atoms with Gasteiger partial charge >= 0.3 is 5.97 Å². The molecule has 0 bridgehead atoms. The first-order valence-electron chi connectivity index (χ1n) is 10.8. The summed E-state index contributed by atoms with van der Waals surface area (Å²) in [5.74, 6) is -0.697. The Hall–Kier alpha value is -3.09. The summed E-state index contributed by atoms with van der Waals surface area (Å²) in [5.41, 5.74) is 3.31. The Morgan fingerprint density at radius 2 is 1.84 bits per heavy atom. The largest absolute Gasteiger partial charge is 0.494 e. The van der Waals surface area contributed by atoms with Gasteiger partial charge in [-0.15, -0.1) is 0 Å². The maximum atomic E-state index is 12.6. The maximum absolute atomic E-state index is 12.6. The zero-order valence-electron chi connectivity index (χ0n) is 18.2. The number of nitrogens with zero attached hydrogens (tertiary/aromatic N) is 2. The normalized spacial score (nSPS) is 18.4. The molecule has 31 heavy (non-hydrogen) atoms. The summed E-state index contributed by atoms with van der Waals surface area (Å²) in [7, 11) is 0. The molecular weight excluding hydrogens is 396 g/mol. The predicted octanol–water partition coefficient (Wildman–Crippen LogP) is 3.62. The lowest BCUT2D eigenvalue weighted by atomic mass is 10.1. The summed E-state index contributed by atoms with van der Waals surface area (Å²) in [5, 5.41) is 0. The van der Waals surface area contributed by atoms with E-state index in [4.69, 9.17) is 9.47 Å². The lowest BCUT2D eigenvalue weighted by Gasteiger charge is -2.17. The SMILES string of the molecule is CCOc1ccc(N2CC(C(=O)OCC(=O)c3cc(C)n(C4CC4)c3C)CC2=O)cc1. The number of carbonyl (C=O) groups is 3. The van der Waals surface area contributed by atoms with E-state index in [1.807, 2.05) is 26.8 Å². The Morgan fingerprint density at radius 1 is 1.13 bits per heavy atom. The van der Waals surface area contributed by atoms with Crippen LogP contribution in [0.1, 0.15) is 54.0 Å². The van der Waals surface area contributed by atoms with Gasteiger partial charge in [-0.05, 0) is 63.9 Å². The molecule has 1 saturated carbocycles. The molecule has 2 heterocycles. The van der Waals surface area contributed by atoms with Crippen LogP contribution in [0, 0.1) is 19.8 Å². The third kappa shape index (κ3) is 4.36. The van der Waals surface area contributed by atoms with Gasteiger partial charge in [0.15, 0.2) is 6.61 Å². The number of esters is 1. The number of hydrogen-bond donors (Lipinski definition) is 0. The smallest absolute Gasteiger partial charge is 0.311 e. The van der Waals surface area contributed by atoms with Crippen LogP contribution in [0.4, 0.5) is 5.69 Å². The van der Waals surface area contributed by atoms with Gasteiger partial charge in [-0.2, -0.15) is 0 Å². The minimum atomic E-state index is -0.578. The number of aromatic nitrogens is 1. The van der Waals surface area contributed by atoms with Crippen LogP contribution in [0.2, 0.25) is 0 Å². The van der Waals surface area contributed by atoms with Crippen LogP contribution in [-0.4, -0.2) is 42.0 Å². The highest BCUT2D eigenvalue weighted by molar-refractivity contribution is 6.01. The van der Waals surface area contributed by atoms with Crippen molar-refractivity contribution in [3.63, 3.8) is 0 Å². The van der Waals surface area contributed by atoms with Crippen molar-refractivity contribution >= 4 is 23.3 Å². The van der Waals surface area contributed by atoms with Crippen LogP contribution >= 0.6 is 0 Å². The van der Waals surface area contributed by atoms with E-state index in [1.54, 1.807) is 29.2 Å². The van der Waals surface area contributed by atoms with Gasteiger partial charge in [-0.1, -0.05) is 0 Å². The molecule has 0 spiro atoms. The third-order valence-electron chi connectivity index (χ3n) is 5.96. The van der Waals surface area contributed by atoms with E-state index in [9.17, 15) is 14.4 Å². The fourth-order valence-corrected chi connectivity index (χ4v) is 4.29. The molecule has 1 aliphatic heterocycles. The second kappa shape index (κ2) is 8.57. The predicted molar refractivity (Wildman–Crippen MR) is 116 cm³/mol. The zero-order chi connectivity index (χ0) is 22.1. The highest BCUT2D eigenvalue weighted by Crippen LogP contribution is 2.38. The number of Topliss-reactive ketones (excluding diaryl/α,β-unsaturated/α-hetero) is 1. The monoisotopic (exact) mass is 424 g/mol. The molecule has 1 saturated heterocycles. The molecule has 2 fully saturated rings. The number of rotatable bonds is 8. The molecule has 0 radical (unpaired) electrons. The zero-order valence-corrected chi connectivity index (χ0v) is 18.2. The van der Waals surface area contributed by atoms with Gasteiger partial charge in [-0.3, -0.25) is 14.4 Å². The molecule has 1 atom stereocenters. The van der Waals surface area contributed by atoms with Gasteiger partial charge in [-0.25, -0.2) is 0 Å². The topological polar surface area (TPSA) is 77.8 Å². The first kappa shape index (κ1) is 21.2. The molecule has 1 aliphatic carbocycles. The van der Waals surface area contributed by atoms with Crippen LogP contribution < -0.4 is 9.64 Å². The van der Waals surface area contributed by atoms with E-state index < -0.39 is 11.9 Å². The molecule has 164 valence electrons. The van der Waals surface area contributed by atoms with Crippen LogP contribution in [0.25, 0.3) is 0 Å². The maximum Gasteiger partial charge on any atom is 0.311 e. The Balaban J connectivity index is 1.34. The number of benzene rings is 1. The minimum Gasteiger partial charge on any atom is -0.494 e. The average molecular weight is 424 g/mol. The standard InChI is InChI=1S/C24H28N2O5/c1-4-30-20-9-7-18(8-10-20)25-13-17(12-23(25)28)24(29)31-14-22(27)21-11-15(2)26(16(21)3)19-5-6-19/h7-11,17,19H,4-6,12-14H2,1-3H3. The fraction of sp³-hybridized carbons (Fsp3) is 0.458. The van der Waals surface area contributed by atoms with Crippen molar-refractivity contribution < 1.29 is 23.9 Å². The van der Waals surface area contributed by atoms with Gasteiger partial charge in [0.05, 0.1) is 12.5 Å². The molecular formula is C24H28N2O5.